The predicted octanol–water partition coefficient (Wildman–Crippen LogP) is 2.30. The molecule has 0 radical (unpaired) electrons. The van der Waals surface area contributed by atoms with Crippen molar-refractivity contribution in [3.8, 4) is 0 Å². The van der Waals surface area contributed by atoms with Gasteiger partial charge < -0.3 is 10.6 Å². The van der Waals surface area contributed by atoms with Gasteiger partial charge >= 0.3 is 0 Å². The highest BCUT2D eigenvalue weighted by molar-refractivity contribution is 5.50. The van der Waals surface area contributed by atoms with E-state index in [9.17, 15) is 0 Å². The van der Waals surface area contributed by atoms with Gasteiger partial charge in [-0.3, -0.25) is 0 Å². The van der Waals surface area contributed by atoms with Crippen molar-refractivity contribution in [2.45, 2.75) is 19.9 Å². The number of nitrogens with zero attached hydrogens (tertiary/aromatic N) is 1. The third kappa shape index (κ3) is 2.39. The van der Waals surface area contributed by atoms with E-state index in [1.165, 1.54) is 23.2 Å². The summed E-state index contributed by atoms with van der Waals surface area (Å²) in [4.78, 5) is 2.40. The van der Waals surface area contributed by atoms with Gasteiger partial charge in [-0.25, -0.2) is 0 Å². The van der Waals surface area contributed by atoms with Crippen molar-refractivity contribution in [1.82, 2.24) is 0 Å². The van der Waals surface area contributed by atoms with Crippen molar-refractivity contribution in [3.05, 3.63) is 41.5 Å². The molecule has 0 aliphatic carbocycles. The molecule has 1 heterocycles. The molecule has 0 amide bonds. The lowest BCUT2D eigenvalue weighted by Gasteiger charge is -2.27. The van der Waals surface area contributed by atoms with Crippen LogP contribution in [0.15, 0.2) is 35.9 Å². The number of hydrogen-bond donors (Lipinski definition) is 1. The minimum Gasteiger partial charge on any atom is -0.367 e. The Morgan fingerprint density at radius 3 is 2.93 bits per heavy atom. The molecule has 1 aliphatic rings. The van der Waals surface area contributed by atoms with E-state index in [2.05, 4.69) is 42.2 Å². The minimum atomic E-state index is 0.622. The van der Waals surface area contributed by atoms with Crippen LogP contribution in [-0.2, 0) is 6.54 Å². The number of benzene rings is 1. The summed E-state index contributed by atoms with van der Waals surface area (Å²) in [6.45, 7) is 4.97. The van der Waals surface area contributed by atoms with E-state index in [1.807, 2.05) is 0 Å². The topological polar surface area (TPSA) is 29.3 Å². The first kappa shape index (κ1) is 10.2. The van der Waals surface area contributed by atoms with Crippen molar-refractivity contribution in [3.63, 3.8) is 0 Å². The monoisotopic (exact) mass is 202 g/mol. The van der Waals surface area contributed by atoms with E-state index in [0.717, 1.165) is 13.1 Å². The molecule has 0 bridgehead atoms. The molecule has 1 aromatic carbocycles. The molecule has 1 aliphatic heterocycles. The second-order valence-corrected chi connectivity index (χ2v) is 4.12. The highest BCUT2D eigenvalue weighted by Crippen LogP contribution is 2.20. The van der Waals surface area contributed by atoms with Gasteiger partial charge in [0.1, 0.15) is 0 Å². The van der Waals surface area contributed by atoms with E-state index >= 15 is 0 Å². The van der Waals surface area contributed by atoms with E-state index in [-0.39, 0.29) is 0 Å². The molecule has 0 spiro atoms. The van der Waals surface area contributed by atoms with Crippen molar-refractivity contribution >= 4 is 5.69 Å². The van der Waals surface area contributed by atoms with Crippen molar-refractivity contribution in [2.75, 3.05) is 18.0 Å². The van der Waals surface area contributed by atoms with Crippen LogP contribution >= 0.6 is 0 Å². The molecule has 2 heteroatoms. The quantitative estimate of drug-likeness (QED) is 0.746. The lowest BCUT2D eigenvalue weighted by Crippen LogP contribution is -2.28. The molecule has 0 saturated carbocycles. The van der Waals surface area contributed by atoms with Crippen molar-refractivity contribution in [1.29, 1.82) is 0 Å². The number of hydrogen-bond acceptors (Lipinski definition) is 2. The highest BCUT2D eigenvalue weighted by Gasteiger charge is 2.09. The molecule has 2 nitrogen and oxygen atoms in total. The Labute approximate surface area is 91.4 Å². The van der Waals surface area contributed by atoms with Crippen LogP contribution in [0.3, 0.4) is 0 Å². The Kier molecular flexibility index (Phi) is 3.07. The van der Waals surface area contributed by atoms with Crippen molar-refractivity contribution < 1.29 is 0 Å². The molecule has 2 rings (SSSR count). The maximum atomic E-state index is 5.64. The lowest BCUT2D eigenvalue weighted by molar-refractivity contribution is 0.787. The summed E-state index contributed by atoms with van der Waals surface area (Å²) >= 11 is 0. The molecular formula is C13H18N2. The van der Waals surface area contributed by atoms with E-state index < -0.39 is 0 Å². The van der Waals surface area contributed by atoms with E-state index in [1.54, 1.807) is 0 Å². The van der Waals surface area contributed by atoms with Crippen LogP contribution in [0.5, 0.6) is 0 Å². The van der Waals surface area contributed by atoms with Crippen LogP contribution in [0.1, 0.15) is 18.9 Å². The number of nitrogens with two attached hydrogens (primary N) is 1. The van der Waals surface area contributed by atoms with Gasteiger partial charge in [0.15, 0.2) is 0 Å². The van der Waals surface area contributed by atoms with Crippen LogP contribution in [0, 0.1) is 0 Å². The molecule has 80 valence electrons. The Balaban J connectivity index is 2.16. The average molecular weight is 202 g/mol. The SMILES string of the molecule is CC1=CCN(c2cccc(CN)c2)CC1. The molecule has 0 fully saturated rings. The molecule has 0 unspecified atom stereocenters. The third-order valence-electron chi connectivity index (χ3n) is 2.95. The van der Waals surface area contributed by atoms with E-state index in [0.29, 0.717) is 6.54 Å². The van der Waals surface area contributed by atoms with Crippen molar-refractivity contribution in [2.24, 2.45) is 5.73 Å². The minimum absolute atomic E-state index is 0.622. The number of rotatable bonds is 2. The first-order valence-electron chi connectivity index (χ1n) is 5.49. The van der Waals surface area contributed by atoms with Crippen LogP contribution in [-0.4, -0.2) is 13.1 Å². The van der Waals surface area contributed by atoms with Crippen LogP contribution in [0.25, 0.3) is 0 Å². The fourth-order valence-corrected chi connectivity index (χ4v) is 1.89. The van der Waals surface area contributed by atoms with Gasteiger partial charge in [0.05, 0.1) is 0 Å². The predicted molar refractivity (Wildman–Crippen MR) is 64.9 cm³/mol. The molecule has 15 heavy (non-hydrogen) atoms. The Morgan fingerprint density at radius 1 is 1.40 bits per heavy atom. The fourth-order valence-electron chi connectivity index (χ4n) is 1.89. The summed E-state index contributed by atoms with van der Waals surface area (Å²) < 4.78 is 0. The van der Waals surface area contributed by atoms with Gasteiger partial charge in [0.2, 0.25) is 0 Å². The van der Waals surface area contributed by atoms with Gasteiger partial charge in [-0.2, -0.15) is 0 Å². The first-order chi connectivity index (χ1) is 7.29. The van der Waals surface area contributed by atoms with E-state index in [4.69, 9.17) is 5.73 Å². The fraction of sp³-hybridized carbons (Fsp3) is 0.385. The van der Waals surface area contributed by atoms with Gasteiger partial charge in [-0.1, -0.05) is 23.8 Å². The molecule has 2 N–H and O–H groups in total. The van der Waals surface area contributed by atoms with Crippen LogP contribution in [0.4, 0.5) is 5.69 Å². The second kappa shape index (κ2) is 4.49. The van der Waals surface area contributed by atoms with Gasteiger partial charge in [-0.05, 0) is 31.0 Å². The summed E-state index contributed by atoms with van der Waals surface area (Å²) in [7, 11) is 0. The lowest BCUT2D eigenvalue weighted by atomic mass is 10.1. The maximum Gasteiger partial charge on any atom is 0.0372 e. The Hall–Kier alpha value is -1.28. The van der Waals surface area contributed by atoms with Gasteiger partial charge in [0.25, 0.3) is 0 Å². The average Bonchev–Trinajstić information content (AvgIpc) is 2.30. The molecule has 0 atom stereocenters. The molecule has 1 aromatic rings. The Morgan fingerprint density at radius 2 is 2.27 bits per heavy atom. The van der Waals surface area contributed by atoms with Gasteiger partial charge in [-0.15, -0.1) is 0 Å². The molecular weight excluding hydrogens is 184 g/mol. The summed E-state index contributed by atoms with van der Waals surface area (Å²) in [6, 6.07) is 8.51. The summed E-state index contributed by atoms with van der Waals surface area (Å²) in [6.07, 6.45) is 3.48. The second-order valence-electron chi connectivity index (χ2n) is 4.12. The van der Waals surface area contributed by atoms with Gasteiger partial charge in [0, 0.05) is 25.3 Å². The summed E-state index contributed by atoms with van der Waals surface area (Å²) in [5.41, 5.74) is 9.64. The molecule has 0 saturated heterocycles. The zero-order valence-corrected chi connectivity index (χ0v) is 9.24. The van der Waals surface area contributed by atoms with Crippen LogP contribution in [0.2, 0.25) is 0 Å². The van der Waals surface area contributed by atoms with Crippen LogP contribution < -0.4 is 10.6 Å². The number of anilines is 1. The summed E-state index contributed by atoms with van der Waals surface area (Å²) in [5.74, 6) is 0. The first-order valence-corrected chi connectivity index (χ1v) is 5.49. The normalized spacial score (nSPS) is 16.4. The zero-order chi connectivity index (χ0) is 10.7. The Bertz CT molecular complexity index is 369. The molecule has 0 aromatic heterocycles. The largest absolute Gasteiger partial charge is 0.367 e. The maximum absolute atomic E-state index is 5.64. The highest BCUT2D eigenvalue weighted by atomic mass is 15.1. The summed E-state index contributed by atoms with van der Waals surface area (Å²) in [5, 5.41) is 0. The standard InChI is InChI=1S/C13H18N2/c1-11-5-7-15(8-6-11)13-4-2-3-12(9-13)10-14/h2-5,9H,6-8,10,14H2,1H3. The smallest absolute Gasteiger partial charge is 0.0372 e. The third-order valence-corrected chi connectivity index (χ3v) is 2.95. The zero-order valence-electron chi connectivity index (χ0n) is 9.24.